The minimum atomic E-state index is -0.730. The molecule has 0 bridgehead atoms. The Morgan fingerprint density at radius 2 is 1.30 bits per heavy atom. The summed E-state index contributed by atoms with van der Waals surface area (Å²) in [5.41, 5.74) is 0. The highest BCUT2D eigenvalue weighted by atomic mass is 16.5. The van der Waals surface area contributed by atoms with Crippen LogP contribution in [0, 0.1) is 0 Å². The number of aliphatic hydroxyl groups excluding tert-OH is 1. The third-order valence-electron chi connectivity index (χ3n) is 3.09. The van der Waals surface area contributed by atoms with Crippen LogP contribution in [0.3, 0.4) is 0 Å². The molecule has 0 saturated heterocycles. The number of hydrogen-bond acceptors (Lipinski definition) is 4. The molecule has 0 amide bonds. The van der Waals surface area contributed by atoms with Gasteiger partial charge in [-0.2, -0.15) is 0 Å². The van der Waals surface area contributed by atoms with E-state index in [4.69, 9.17) is 14.9 Å². The van der Waals surface area contributed by atoms with Gasteiger partial charge in [-0.15, -0.1) is 0 Å². The van der Waals surface area contributed by atoms with Crippen molar-refractivity contribution in [3.05, 3.63) is 0 Å². The van der Waals surface area contributed by atoms with Gasteiger partial charge in [-0.1, -0.05) is 25.7 Å². The van der Waals surface area contributed by atoms with Gasteiger partial charge >= 0.3 is 11.9 Å². The summed E-state index contributed by atoms with van der Waals surface area (Å²) in [6.07, 6.45) is 8.79. The van der Waals surface area contributed by atoms with Crippen LogP contribution in [-0.2, 0) is 14.3 Å². The normalized spacial score (nSPS) is 10.4. The van der Waals surface area contributed by atoms with E-state index in [1.807, 2.05) is 0 Å². The number of hydrogen-bond donors (Lipinski definition) is 2. The monoisotopic (exact) mass is 288 g/mol. The number of rotatable bonds is 14. The fourth-order valence-electron chi connectivity index (χ4n) is 1.90. The van der Waals surface area contributed by atoms with Gasteiger partial charge in [0.2, 0.25) is 0 Å². The second-order valence-corrected chi connectivity index (χ2v) is 5.02. The number of carbonyl (C=O) groups is 2. The molecule has 0 radical (unpaired) electrons. The number of carbonyl (C=O) groups excluding carboxylic acids is 1. The molecule has 0 unspecified atom stereocenters. The van der Waals surface area contributed by atoms with Crippen molar-refractivity contribution in [3.63, 3.8) is 0 Å². The lowest BCUT2D eigenvalue weighted by molar-refractivity contribution is -0.144. The van der Waals surface area contributed by atoms with Gasteiger partial charge in [0.1, 0.15) is 0 Å². The molecular formula is C15H28O5. The predicted molar refractivity (Wildman–Crippen MR) is 76.5 cm³/mol. The highest BCUT2D eigenvalue weighted by molar-refractivity contribution is 5.69. The van der Waals surface area contributed by atoms with E-state index in [2.05, 4.69) is 0 Å². The fraction of sp³-hybridized carbons (Fsp3) is 0.867. The first-order valence-electron chi connectivity index (χ1n) is 7.65. The SMILES string of the molecule is O=C(O)CCCCCCCCC(=O)OCCCCCO. The molecule has 0 spiro atoms. The smallest absolute Gasteiger partial charge is 0.305 e. The van der Waals surface area contributed by atoms with E-state index in [-0.39, 0.29) is 19.0 Å². The highest BCUT2D eigenvalue weighted by Crippen LogP contribution is 2.09. The van der Waals surface area contributed by atoms with E-state index in [9.17, 15) is 9.59 Å². The Labute approximate surface area is 121 Å². The molecule has 0 aliphatic carbocycles. The lowest BCUT2D eigenvalue weighted by atomic mass is 10.1. The van der Waals surface area contributed by atoms with Crippen LogP contribution in [0.4, 0.5) is 0 Å². The molecule has 0 aliphatic heterocycles. The standard InChI is InChI=1S/C15H28O5/c16-12-8-5-9-13-20-15(19)11-7-4-2-1-3-6-10-14(17)18/h16H,1-13H2,(H,17,18). The molecule has 2 N–H and O–H groups in total. The van der Waals surface area contributed by atoms with Crippen molar-refractivity contribution in [1.82, 2.24) is 0 Å². The maximum Gasteiger partial charge on any atom is 0.305 e. The Balaban J connectivity index is 3.17. The van der Waals surface area contributed by atoms with Gasteiger partial charge in [0, 0.05) is 19.4 Å². The number of esters is 1. The molecule has 0 fully saturated rings. The van der Waals surface area contributed by atoms with Gasteiger partial charge in [0.25, 0.3) is 0 Å². The molecule has 0 aromatic rings. The van der Waals surface area contributed by atoms with Gasteiger partial charge in [0.15, 0.2) is 0 Å². The Morgan fingerprint density at radius 1 is 0.750 bits per heavy atom. The van der Waals surface area contributed by atoms with Crippen molar-refractivity contribution in [2.75, 3.05) is 13.2 Å². The molecule has 0 saturated carbocycles. The predicted octanol–water partition coefficient (Wildman–Crippen LogP) is 2.90. The molecule has 5 nitrogen and oxygen atoms in total. The Kier molecular flexibility index (Phi) is 13.5. The zero-order valence-corrected chi connectivity index (χ0v) is 12.3. The number of aliphatic carboxylic acids is 1. The zero-order chi connectivity index (χ0) is 15.1. The summed E-state index contributed by atoms with van der Waals surface area (Å²) in [6.45, 7) is 0.647. The average molecular weight is 288 g/mol. The first kappa shape index (κ1) is 18.9. The van der Waals surface area contributed by atoms with Crippen molar-refractivity contribution in [2.24, 2.45) is 0 Å². The summed E-state index contributed by atoms with van der Waals surface area (Å²) >= 11 is 0. The average Bonchev–Trinajstić information content (AvgIpc) is 2.41. The molecular weight excluding hydrogens is 260 g/mol. The second-order valence-electron chi connectivity index (χ2n) is 5.02. The second kappa shape index (κ2) is 14.3. The third-order valence-corrected chi connectivity index (χ3v) is 3.09. The van der Waals surface area contributed by atoms with Gasteiger partial charge in [0.05, 0.1) is 6.61 Å². The van der Waals surface area contributed by atoms with Gasteiger partial charge < -0.3 is 14.9 Å². The van der Waals surface area contributed by atoms with Crippen molar-refractivity contribution >= 4 is 11.9 Å². The Bertz CT molecular complexity index is 253. The number of carboxylic acids is 1. The van der Waals surface area contributed by atoms with Gasteiger partial charge in [-0.3, -0.25) is 9.59 Å². The van der Waals surface area contributed by atoms with Crippen molar-refractivity contribution in [2.45, 2.75) is 70.6 Å². The van der Waals surface area contributed by atoms with E-state index < -0.39 is 5.97 Å². The third kappa shape index (κ3) is 15.0. The molecule has 0 heterocycles. The zero-order valence-electron chi connectivity index (χ0n) is 12.3. The molecule has 20 heavy (non-hydrogen) atoms. The van der Waals surface area contributed by atoms with Crippen LogP contribution in [0.25, 0.3) is 0 Å². The van der Waals surface area contributed by atoms with E-state index in [0.717, 1.165) is 57.8 Å². The minimum Gasteiger partial charge on any atom is -0.481 e. The molecule has 0 atom stereocenters. The lowest BCUT2D eigenvalue weighted by Gasteiger charge is -2.04. The molecule has 5 heteroatoms. The topological polar surface area (TPSA) is 83.8 Å². The van der Waals surface area contributed by atoms with Crippen molar-refractivity contribution in [1.29, 1.82) is 0 Å². The van der Waals surface area contributed by atoms with E-state index in [1.54, 1.807) is 0 Å². The summed E-state index contributed by atoms with van der Waals surface area (Å²) in [7, 11) is 0. The molecule has 0 rings (SSSR count). The summed E-state index contributed by atoms with van der Waals surface area (Å²) in [5, 5.41) is 17.1. The largest absolute Gasteiger partial charge is 0.481 e. The molecule has 0 aliphatic rings. The van der Waals surface area contributed by atoms with Gasteiger partial charge in [-0.25, -0.2) is 0 Å². The lowest BCUT2D eigenvalue weighted by Crippen LogP contribution is -2.05. The van der Waals surface area contributed by atoms with E-state index >= 15 is 0 Å². The number of carboxylic acid groups (broad SMARTS) is 1. The van der Waals surface area contributed by atoms with Crippen LogP contribution < -0.4 is 0 Å². The van der Waals surface area contributed by atoms with Crippen LogP contribution in [-0.4, -0.2) is 35.4 Å². The number of ether oxygens (including phenoxy) is 1. The Hall–Kier alpha value is -1.10. The molecule has 118 valence electrons. The number of aliphatic hydroxyl groups is 1. The first-order chi connectivity index (χ1) is 9.66. The van der Waals surface area contributed by atoms with Crippen LogP contribution in [0.15, 0.2) is 0 Å². The van der Waals surface area contributed by atoms with Crippen molar-refractivity contribution in [3.8, 4) is 0 Å². The van der Waals surface area contributed by atoms with E-state index in [1.165, 1.54) is 0 Å². The number of unbranched alkanes of at least 4 members (excludes halogenated alkanes) is 7. The van der Waals surface area contributed by atoms with Crippen LogP contribution in [0.2, 0.25) is 0 Å². The van der Waals surface area contributed by atoms with Crippen LogP contribution >= 0.6 is 0 Å². The molecule has 0 aromatic heterocycles. The quantitative estimate of drug-likeness (QED) is 0.379. The fourth-order valence-corrected chi connectivity index (χ4v) is 1.90. The first-order valence-corrected chi connectivity index (χ1v) is 7.65. The van der Waals surface area contributed by atoms with E-state index in [0.29, 0.717) is 13.0 Å². The van der Waals surface area contributed by atoms with Crippen LogP contribution in [0.1, 0.15) is 70.6 Å². The highest BCUT2D eigenvalue weighted by Gasteiger charge is 2.02. The minimum absolute atomic E-state index is 0.139. The maximum absolute atomic E-state index is 11.3. The summed E-state index contributed by atoms with van der Waals surface area (Å²) in [5.74, 6) is -0.869. The van der Waals surface area contributed by atoms with Crippen LogP contribution in [0.5, 0.6) is 0 Å². The summed E-state index contributed by atoms with van der Waals surface area (Å²) < 4.78 is 5.07. The summed E-state index contributed by atoms with van der Waals surface area (Å²) in [6, 6.07) is 0. The summed E-state index contributed by atoms with van der Waals surface area (Å²) in [4.78, 5) is 21.6. The maximum atomic E-state index is 11.3. The molecule has 0 aromatic carbocycles. The van der Waals surface area contributed by atoms with Crippen molar-refractivity contribution < 1.29 is 24.5 Å². The Morgan fingerprint density at radius 3 is 1.90 bits per heavy atom. The van der Waals surface area contributed by atoms with Gasteiger partial charge in [-0.05, 0) is 32.1 Å².